The predicted octanol–water partition coefficient (Wildman–Crippen LogP) is 4.76. The van der Waals surface area contributed by atoms with E-state index >= 15 is 0 Å². The highest BCUT2D eigenvalue weighted by molar-refractivity contribution is 5.87. The van der Waals surface area contributed by atoms with Crippen LogP contribution in [-0.4, -0.2) is 63.0 Å². The number of pyridine rings is 3. The molecule has 1 atom stereocenters. The van der Waals surface area contributed by atoms with Crippen molar-refractivity contribution < 1.29 is 14.2 Å². The van der Waals surface area contributed by atoms with Crippen LogP contribution < -0.4 is 25.2 Å². The molecule has 12 nitrogen and oxygen atoms in total. The van der Waals surface area contributed by atoms with Crippen LogP contribution in [-0.2, 0) is 11.8 Å². The molecule has 1 saturated heterocycles. The van der Waals surface area contributed by atoms with Gasteiger partial charge in [0, 0.05) is 38.4 Å². The van der Waals surface area contributed by atoms with E-state index in [1.54, 1.807) is 24.0 Å². The maximum absolute atomic E-state index is 11.1. The number of nitrogens with zero attached hydrogens (tertiary/aromatic N) is 6. The number of hydrogen-bond acceptors (Lipinski definition) is 11. The fourth-order valence-corrected chi connectivity index (χ4v) is 5.58. The molecule has 0 radical (unpaired) electrons. The third kappa shape index (κ3) is 6.19. The summed E-state index contributed by atoms with van der Waals surface area (Å²) >= 11 is 0. The summed E-state index contributed by atoms with van der Waals surface area (Å²) in [5, 5.41) is 15.5. The molecule has 1 aliphatic heterocycles. The van der Waals surface area contributed by atoms with Crippen LogP contribution in [0.4, 0.5) is 17.6 Å². The summed E-state index contributed by atoms with van der Waals surface area (Å²) in [6.07, 6.45) is 8.69. The van der Waals surface area contributed by atoms with Crippen LogP contribution in [0.5, 0.6) is 11.6 Å². The minimum atomic E-state index is -0.361. The van der Waals surface area contributed by atoms with Crippen molar-refractivity contribution in [2.45, 2.75) is 57.8 Å². The lowest BCUT2D eigenvalue weighted by Gasteiger charge is -2.31. The van der Waals surface area contributed by atoms with E-state index in [1.807, 2.05) is 43.7 Å². The Morgan fingerprint density at radius 1 is 1.02 bits per heavy atom. The van der Waals surface area contributed by atoms with Gasteiger partial charge in [0.1, 0.15) is 29.6 Å². The second-order valence-corrected chi connectivity index (χ2v) is 11.0. The summed E-state index contributed by atoms with van der Waals surface area (Å²) in [7, 11) is 1.77. The van der Waals surface area contributed by atoms with Gasteiger partial charge in [-0.25, -0.2) is 9.97 Å². The van der Waals surface area contributed by atoms with Crippen LogP contribution in [0.25, 0.3) is 10.9 Å². The van der Waals surface area contributed by atoms with Crippen molar-refractivity contribution in [1.29, 1.82) is 0 Å². The summed E-state index contributed by atoms with van der Waals surface area (Å²) in [4.78, 5) is 20.5. The molecule has 12 heteroatoms. The molecule has 0 bridgehead atoms. The first-order chi connectivity index (χ1) is 20.5. The number of nitrogens with one attached hydrogen (secondary N) is 2. The van der Waals surface area contributed by atoms with E-state index in [4.69, 9.17) is 24.2 Å². The standard InChI is InChI=1S/C30H37N8O4/c1-19-4-9-27(32-16-19)34-21-5-7-22(8-6-21)42-29-24-14-23(41-20(2)26-18-33-30(36-39)37(26)3)17-31-25(24)15-28(35-29)38-10-12-40-13-11-38/h4,9,14-18,20-22H,5-8,10-13H2,1-3H3,(H2-,32,33,34,36,39)/q-1. The largest absolute Gasteiger partial charge is 0.759 e. The van der Waals surface area contributed by atoms with Crippen LogP contribution in [0.15, 0.2) is 42.9 Å². The lowest BCUT2D eigenvalue weighted by Crippen LogP contribution is -2.37. The zero-order valence-electron chi connectivity index (χ0n) is 24.2. The Labute approximate surface area is 245 Å². The van der Waals surface area contributed by atoms with Gasteiger partial charge in [0.05, 0.1) is 42.2 Å². The normalized spacial score (nSPS) is 19.9. The van der Waals surface area contributed by atoms with Crippen molar-refractivity contribution in [3.63, 3.8) is 0 Å². The first-order valence-corrected chi connectivity index (χ1v) is 14.5. The van der Waals surface area contributed by atoms with Crippen LogP contribution in [0.1, 0.15) is 50.0 Å². The van der Waals surface area contributed by atoms with E-state index in [9.17, 15) is 5.21 Å². The molecule has 5 heterocycles. The Hall–Kier alpha value is -4.16. The van der Waals surface area contributed by atoms with E-state index in [0.717, 1.165) is 72.6 Å². The van der Waals surface area contributed by atoms with Crippen molar-refractivity contribution in [3.05, 3.63) is 59.3 Å². The minimum Gasteiger partial charge on any atom is -0.759 e. The second kappa shape index (κ2) is 12.4. The highest BCUT2D eigenvalue weighted by atomic mass is 16.5. The molecule has 2 aliphatic rings. The summed E-state index contributed by atoms with van der Waals surface area (Å²) in [5.41, 5.74) is 4.55. The molecule has 1 saturated carbocycles. The zero-order chi connectivity index (χ0) is 29.1. The molecule has 0 amide bonds. The molecule has 0 spiro atoms. The summed E-state index contributed by atoms with van der Waals surface area (Å²) in [6.45, 7) is 6.82. The highest BCUT2D eigenvalue weighted by Crippen LogP contribution is 2.34. The average molecular weight is 574 g/mol. The molecule has 2 N–H and O–H groups in total. The number of hydrogen-bond donors (Lipinski definition) is 2. The third-order valence-corrected chi connectivity index (χ3v) is 8.00. The minimum absolute atomic E-state index is 0.0422. The van der Waals surface area contributed by atoms with Crippen molar-refractivity contribution in [2.75, 3.05) is 42.0 Å². The Balaban J connectivity index is 1.21. The van der Waals surface area contributed by atoms with Gasteiger partial charge in [-0.2, -0.15) is 4.98 Å². The topological polar surface area (TPSA) is 135 Å². The smallest absolute Gasteiger partial charge is 0.225 e. The van der Waals surface area contributed by atoms with Gasteiger partial charge >= 0.3 is 0 Å². The first kappa shape index (κ1) is 28.0. The number of anilines is 3. The molecular weight excluding hydrogens is 536 g/mol. The van der Waals surface area contributed by atoms with Crippen LogP contribution in [0, 0.1) is 12.1 Å². The zero-order valence-corrected chi connectivity index (χ0v) is 24.2. The van der Waals surface area contributed by atoms with E-state index in [1.165, 1.54) is 0 Å². The maximum Gasteiger partial charge on any atom is 0.225 e. The van der Waals surface area contributed by atoms with Gasteiger partial charge in [-0.3, -0.25) is 4.98 Å². The molecule has 42 heavy (non-hydrogen) atoms. The van der Waals surface area contributed by atoms with Crippen LogP contribution >= 0.6 is 0 Å². The second-order valence-electron chi connectivity index (χ2n) is 11.0. The number of morpholine rings is 1. The van der Waals surface area contributed by atoms with Crippen molar-refractivity contribution >= 4 is 28.5 Å². The molecule has 6 rings (SSSR count). The van der Waals surface area contributed by atoms with Gasteiger partial charge < -0.3 is 39.7 Å². The third-order valence-electron chi connectivity index (χ3n) is 8.00. The summed E-state index contributed by atoms with van der Waals surface area (Å²) in [6, 6.07) is 8.41. The number of ether oxygens (including phenoxy) is 3. The Kier molecular flexibility index (Phi) is 8.24. The molecule has 1 aliphatic carbocycles. The van der Waals surface area contributed by atoms with Gasteiger partial charge in [-0.1, -0.05) is 6.07 Å². The Morgan fingerprint density at radius 2 is 1.83 bits per heavy atom. The van der Waals surface area contributed by atoms with Gasteiger partial charge in [-0.15, -0.1) is 0 Å². The van der Waals surface area contributed by atoms with E-state index in [0.29, 0.717) is 30.9 Å². The summed E-state index contributed by atoms with van der Waals surface area (Å²) in [5.74, 6) is 3.12. The van der Waals surface area contributed by atoms with Crippen LogP contribution in [0.3, 0.4) is 0 Å². The number of rotatable bonds is 9. The van der Waals surface area contributed by atoms with Gasteiger partial charge in [0.25, 0.3) is 0 Å². The SMILES string of the molecule is Cc1ccc(NC2CCC(Oc3nc(N4CCOCC4)cc4ncc(OC(C)c5cnc(N[O-])n5C)cc34)CC2)nc1. The molecule has 2 fully saturated rings. The lowest BCUT2D eigenvalue weighted by atomic mass is 9.93. The summed E-state index contributed by atoms with van der Waals surface area (Å²) < 4.78 is 20.1. The fourth-order valence-electron chi connectivity index (χ4n) is 5.58. The molecule has 0 aromatic carbocycles. The average Bonchev–Trinajstić information content (AvgIpc) is 3.40. The number of aromatic nitrogens is 5. The highest BCUT2D eigenvalue weighted by Gasteiger charge is 2.25. The molecule has 4 aromatic rings. The van der Waals surface area contributed by atoms with Crippen molar-refractivity contribution in [3.8, 4) is 11.6 Å². The van der Waals surface area contributed by atoms with E-state index in [2.05, 4.69) is 26.3 Å². The molecule has 1 unspecified atom stereocenters. The number of aryl methyl sites for hydroxylation is 1. The van der Waals surface area contributed by atoms with Gasteiger partial charge in [0.15, 0.2) is 5.95 Å². The number of fused-ring (bicyclic) bond motifs is 1. The molecule has 222 valence electrons. The predicted molar refractivity (Wildman–Crippen MR) is 161 cm³/mol. The van der Waals surface area contributed by atoms with E-state index in [-0.39, 0.29) is 18.2 Å². The maximum atomic E-state index is 11.1. The Bertz CT molecular complexity index is 1500. The van der Waals surface area contributed by atoms with Crippen molar-refractivity contribution in [1.82, 2.24) is 24.5 Å². The van der Waals surface area contributed by atoms with Gasteiger partial charge in [0.2, 0.25) is 5.88 Å². The van der Waals surface area contributed by atoms with Crippen LogP contribution in [0.2, 0.25) is 0 Å². The monoisotopic (exact) mass is 573 g/mol. The fraction of sp³-hybridized carbons (Fsp3) is 0.467. The first-order valence-electron chi connectivity index (χ1n) is 14.5. The Morgan fingerprint density at radius 3 is 2.55 bits per heavy atom. The van der Waals surface area contributed by atoms with Crippen molar-refractivity contribution in [2.24, 2.45) is 7.05 Å². The van der Waals surface area contributed by atoms with E-state index < -0.39 is 0 Å². The number of imidazole rings is 1. The molecular formula is C30H37N8O4-. The molecule has 4 aromatic heterocycles. The quantitative estimate of drug-likeness (QED) is 0.269. The lowest BCUT2D eigenvalue weighted by molar-refractivity contribution is 0.122. The van der Waals surface area contributed by atoms with Gasteiger partial charge in [-0.05, 0) is 57.2 Å².